The van der Waals surface area contributed by atoms with Crippen LogP contribution in [-0.2, 0) is 28.8 Å². The standard InChI is InChI=1S/C35H68N8O7/c1-9-21(6)26(38)31(45)42-28(22(7)10-2)33(47)39-24(16-12-14-18-36)30(44)41-27(20(4)5)32(46)43-29(23(8)11-3)34(48)40-25(35(49)50)17-13-15-19-37/h20-29H,9-19,36-38H2,1-8H3,(H,39,47)(H,40,48)(H,41,44)(H,42,45)(H,43,46)(H,49,50)/t21-,22-,23-,24-,25-,26-,27-,28-,29-/m0/s1. The number of carbonyl (C=O) groups excluding carboxylic acids is 5. The van der Waals surface area contributed by atoms with E-state index in [0.29, 0.717) is 58.0 Å². The van der Waals surface area contributed by atoms with Crippen LogP contribution in [0.3, 0.4) is 0 Å². The van der Waals surface area contributed by atoms with Crippen LogP contribution in [0.5, 0.6) is 0 Å². The van der Waals surface area contributed by atoms with E-state index in [-0.39, 0.29) is 30.6 Å². The maximum absolute atomic E-state index is 13.8. The predicted molar refractivity (Wildman–Crippen MR) is 194 cm³/mol. The van der Waals surface area contributed by atoms with Crippen molar-refractivity contribution < 1.29 is 33.9 Å². The molecule has 12 N–H and O–H groups in total. The first-order chi connectivity index (χ1) is 23.5. The van der Waals surface area contributed by atoms with E-state index in [1.54, 1.807) is 20.8 Å². The fraction of sp³-hybridized carbons (Fsp3) is 0.829. The third-order valence-corrected chi connectivity index (χ3v) is 9.53. The number of carboxylic acid groups (broad SMARTS) is 1. The first kappa shape index (κ1) is 46.7. The van der Waals surface area contributed by atoms with Crippen LogP contribution in [-0.4, -0.2) is 90.0 Å². The molecule has 0 bridgehead atoms. The average molecular weight is 713 g/mol. The Kier molecular flexibility index (Phi) is 23.1. The summed E-state index contributed by atoms with van der Waals surface area (Å²) in [5.41, 5.74) is 17.3. The summed E-state index contributed by atoms with van der Waals surface area (Å²) in [6.07, 6.45) is 4.40. The quantitative estimate of drug-likeness (QED) is 0.0572. The molecule has 290 valence electrons. The second kappa shape index (κ2) is 24.8. The number of unbranched alkanes of at least 4 members (excludes halogenated alkanes) is 2. The van der Waals surface area contributed by atoms with Crippen molar-refractivity contribution in [2.24, 2.45) is 40.9 Å². The van der Waals surface area contributed by atoms with Gasteiger partial charge in [0.2, 0.25) is 29.5 Å². The van der Waals surface area contributed by atoms with E-state index in [2.05, 4.69) is 26.6 Å². The van der Waals surface area contributed by atoms with Crippen molar-refractivity contribution in [2.45, 2.75) is 149 Å². The summed E-state index contributed by atoms with van der Waals surface area (Å²) >= 11 is 0. The minimum Gasteiger partial charge on any atom is -0.480 e. The SMILES string of the molecule is CC[C@H](C)[C@H](N)C(=O)N[C@H](C(=O)N[C@@H](CCCCN)C(=O)N[C@H](C(=O)N[C@H](C(=O)N[C@@H](CCCCN)C(=O)O)[C@@H](C)CC)C(C)C)[C@@H](C)CC. The third kappa shape index (κ3) is 16.2. The van der Waals surface area contributed by atoms with Gasteiger partial charge in [0.25, 0.3) is 0 Å². The highest BCUT2D eigenvalue weighted by molar-refractivity contribution is 5.96. The zero-order chi connectivity index (χ0) is 38.6. The minimum absolute atomic E-state index is 0.101. The summed E-state index contributed by atoms with van der Waals surface area (Å²) in [4.78, 5) is 79.2. The topological polar surface area (TPSA) is 261 Å². The van der Waals surface area contributed by atoms with E-state index in [4.69, 9.17) is 17.2 Å². The number of nitrogens with one attached hydrogen (secondary N) is 5. The molecule has 0 aliphatic rings. The molecule has 15 nitrogen and oxygen atoms in total. The second-order valence-corrected chi connectivity index (χ2v) is 13.9. The van der Waals surface area contributed by atoms with Crippen LogP contribution in [0, 0.1) is 23.7 Å². The van der Waals surface area contributed by atoms with Gasteiger partial charge >= 0.3 is 5.97 Å². The number of hydrogen-bond donors (Lipinski definition) is 9. The summed E-state index contributed by atoms with van der Waals surface area (Å²) in [5.74, 6) is -5.20. The lowest BCUT2D eigenvalue weighted by molar-refractivity contribution is -0.143. The van der Waals surface area contributed by atoms with Crippen LogP contribution in [0.15, 0.2) is 0 Å². The van der Waals surface area contributed by atoms with Crippen LogP contribution >= 0.6 is 0 Å². The Hall–Kier alpha value is -3.30. The summed E-state index contributed by atoms with van der Waals surface area (Å²) < 4.78 is 0. The van der Waals surface area contributed by atoms with Crippen LogP contribution in [0.1, 0.15) is 113 Å². The van der Waals surface area contributed by atoms with Crippen LogP contribution < -0.4 is 43.8 Å². The Labute approximate surface area is 299 Å². The van der Waals surface area contributed by atoms with Crippen molar-refractivity contribution >= 4 is 35.5 Å². The summed E-state index contributed by atoms with van der Waals surface area (Å²) in [6, 6.07) is -6.10. The van der Waals surface area contributed by atoms with E-state index >= 15 is 0 Å². The third-order valence-electron chi connectivity index (χ3n) is 9.53. The average Bonchev–Trinajstić information content (AvgIpc) is 3.08. The van der Waals surface area contributed by atoms with Gasteiger partial charge < -0.3 is 48.9 Å². The Bertz CT molecular complexity index is 1080. The molecule has 0 saturated carbocycles. The smallest absolute Gasteiger partial charge is 0.326 e. The van der Waals surface area contributed by atoms with Gasteiger partial charge in [0.1, 0.15) is 30.2 Å². The van der Waals surface area contributed by atoms with Gasteiger partial charge in [0, 0.05) is 0 Å². The van der Waals surface area contributed by atoms with E-state index in [0.717, 1.165) is 0 Å². The molecule has 0 radical (unpaired) electrons. The monoisotopic (exact) mass is 713 g/mol. The Morgan fingerprint density at radius 1 is 0.520 bits per heavy atom. The molecule has 0 rings (SSSR count). The molecule has 5 amide bonds. The maximum atomic E-state index is 13.8. The fourth-order valence-electron chi connectivity index (χ4n) is 5.23. The van der Waals surface area contributed by atoms with Gasteiger partial charge in [-0.25, -0.2) is 4.79 Å². The fourth-order valence-corrected chi connectivity index (χ4v) is 5.23. The molecule has 0 fully saturated rings. The lowest BCUT2D eigenvalue weighted by atomic mass is 9.94. The van der Waals surface area contributed by atoms with Crippen LogP contribution in [0.25, 0.3) is 0 Å². The van der Waals surface area contributed by atoms with E-state index in [9.17, 15) is 33.9 Å². The summed E-state index contributed by atoms with van der Waals surface area (Å²) in [6.45, 7) is 15.4. The predicted octanol–water partition coefficient (Wildman–Crippen LogP) is 0.875. The molecule has 0 aromatic rings. The van der Waals surface area contributed by atoms with Gasteiger partial charge in [-0.3, -0.25) is 24.0 Å². The number of carbonyl (C=O) groups is 6. The van der Waals surface area contributed by atoms with Gasteiger partial charge in [-0.15, -0.1) is 0 Å². The summed E-state index contributed by atoms with van der Waals surface area (Å²) in [5, 5.41) is 23.3. The highest BCUT2D eigenvalue weighted by Crippen LogP contribution is 2.14. The van der Waals surface area contributed by atoms with Crippen molar-refractivity contribution in [3.8, 4) is 0 Å². The van der Waals surface area contributed by atoms with Gasteiger partial charge in [0.15, 0.2) is 0 Å². The molecule has 0 aromatic carbocycles. The summed E-state index contributed by atoms with van der Waals surface area (Å²) in [7, 11) is 0. The first-order valence-corrected chi connectivity index (χ1v) is 18.4. The molecule has 0 unspecified atom stereocenters. The number of nitrogens with two attached hydrogens (primary N) is 3. The van der Waals surface area contributed by atoms with E-state index in [1.807, 2.05) is 34.6 Å². The molecular formula is C35H68N8O7. The Morgan fingerprint density at radius 3 is 1.30 bits per heavy atom. The van der Waals surface area contributed by atoms with Gasteiger partial charge in [-0.2, -0.15) is 0 Å². The highest BCUT2D eigenvalue weighted by Gasteiger charge is 2.36. The molecule has 0 aliphatic carbocycles. The zero-order valence-corrected chi connectivity index (χ0v) is 31.7. The van der Waals surface area contributed by atoms with E-state index < -0.39 is 77.7 Å². The largest absolute Gasteiger partial charge is 0.480 e. The normalized spacial score (nSPS) is 16.8. The first-order valence-electron chi connectivity index (χ1n) is 18.4. The molecule has 0 heterocycles. The lowest BCUT2D eigenvalue weighted by Crippen LogP contribution is -2.61. The van der Waals surface area contributed by atoms with Gasteiger partial charge in [0.05, 0.1) is 6.04 Å². The van der Waals surface area contributed by atoms with E-state index in [1.165, 1.54) is 0 Å². The maximum Gasteiger partial charge on any atom is 0.326 e. The second-order valence-electron chi connectivity index (χ2n) is 13.9. The molecule has 15 heteroatoms. The molecule has 50 heavy (non-hydrogen) atoms. The molecule has 0 spiro atoms. The zero-order valence-electron chi connectivity index (χ0n) is 31.7. The van der Waals surface area contributed by atoms with Crippen molar-refractivity contribution in [3.63, 3.8) is 0 Å². The van der Waals surface area contributed by atoms with Crippen LogP contribution in [0.2, 0.25) is 0 Å². The van der Waals surface area contributed by atoms with Crippen molar-refractivity contribution in [1.29, 1.82) is 0 Å². The number of carboxylic acids is 1. The lowest BCUT2D eigenvalue weighted by Gasteiger charge is -2.31. The molecule has 0 aromatic heterocycles. The number of amides is 5. The van der Waals surface area contributed by atoms with Crippen molar-refractivity contribution in [3.05, 3.63) is 0 Å². The van der Waals surface area contributed by atoms with Gasteiger partial charge in [-0.05, 0) is 75.3 Å². The molecule has 0 aliphatic heterocycles. The molecule has 0 saturated heterocycles. The molecule has 9 atom stereocenters. The van der Waals surface area contributed by atoms with Crippen LogP contribution in [0.4, 0.5) is 0 Å². The molecular weight excluding hydrogens is 644 g/mol. The highest BCUT2D eigenvalue weighted by atomic mass is 16.4. The minimum atomic E-state index is -1.19. The number of rotatable bonds is 26. The number of aliphatic carboxylic acids is 1. The van der Waals surface area contributed by atoms with Crippen molar-refractivity contribution in [1.82, 2.24) is 26.6 Å². The Balaban J connectivity index is 6.13. The van der Waals surface area contributed by atoms with Gasteiger partial charge in [-0.1, -0.05) is 74.7 Å². The Morgan fingerprint density at radius 2 is 0.900 bits per heavy atom. The van der Waals surface area contributed by atoms with Crippen molar-refractivity contribution in [2.75, 3.05) is 13.1 Å². The number of hydrogen-bond acceptors (Lipinski definition) is 9.